The number of nitrogens with zero attached hydrogens (tertiary/aromatic N) is 3. The summed E-state index contributed by atoms with van der Waals surface area (Å²) in [7, 11) is 0. The molecule has 0 spiro atoms. The van der Waals surface area contributed by atoms with Gasteiger partial charge >= 0.3 is 5.97 Å². The smallest absolute Gasteiger partial charge is 0.322 e. The maximum atomic E-state index is 10.3. The third-order valence-electron chi connectivity index (χ3n) is 1.66. The number of anilines is 1. The Morgan fingerprint density at radius 1 is 1.60 bits per heavy atom. The fourth-order valence-electron chi connectivity index (χ4n) is 1.08. The Bertz CT molecular complexity index is 508. The van der Waals surface area contributed by atoms with E-state index in [-0.39, 0.29) is 12.5 Å². The van der Waals surface area contributed by atoms with E-state index in [0.29, 0.717) is 17.1 Å². The van der Waals surface area contributed by atoms with Gasteiger partial charge in [0, 0.05) is 6.92 Å². The Morgan fingerprint density at radius 3 is 3.13 bits per heavy atom. The quantitative estimate of drug-likeness (QED) is 0.753. The van der Waals surface area contributed by atoms with Gasteiger partial charge in [-0.1, -0.05) is 0 Å². The average Bonchev–Trinajstić information content (AvgIpc) is 2.53. The predicted octanol–water partition coefficient (Wildman–Crippen LogP) is 0.423. The van der Waals surface area contributed by atoms with Crippen LogP contribution in [0, 0.1) is 6.92 Å². The van der Waals surface area contributed by atoms with Crippen LogP contribution in [0.25, 0.3) is 11.2 Å². The first kappa shape index (κ1) is 9.38. The average molecular weight is 208 g/mol. The number of aryl methyl sites for hydroxylation is 1. The van der Waals surface area contributed by atoms with E-state index >= 15 is 0 Å². The first-order valence-electron chi connectivity index (χ1n) is 4.21. The summed E-state index contributed by atoms with van der Waals surface area (Å²) in [5.74, 6) is -0.275. The summed E-state index contributed by atoms with van der Waals surface area (Å²) >= 11 is 0. The Labute approximate surface area is 84.2 Å². The maximum Gasteiger partial charge on any atom is 0.322 e. The molecule has 2 aromatic rings. The van der Waals surface area contributed by atoms with Crippen LogP contribution >= 0.6 is 0 Å². The normalized spacial score (nSPS) is 10.5. The second-order valence-corrected chi connectivity index (χ2v) is 2.86. The summed E-state index contributed by atoms with van der Waals surface area (Å²) in [6, 6.07) is 0. The molecule has 0 amide bonds. The van der Waals surface area contributed by atoms with Crippen molar-refractivity contribution in [3.8, 4) is 0 Å². The molecule has 2 N–H and O–H groups in total. The fraction of sp³-hybridized carbons (Fsp3) is 0.250. The van der Waals surface area contributed by atoms with Crippen LogP contribution in [0.15, 0.2) is 10.6 Å². The minimum absolute atomic E-state index is 0.209. The molecule has 0 aliphatic rings. The Kier molecular flexibility index (Phi) is 2.20. The second-order valence-electron chi connectivity index (χ2n) is 2.86. The number of carbonyl (C=O) groups is 1. The minimum Gasteiger partial charge on any atom is -0.480 e. The van der Waals surface area contributed by atoms with E-state index in [1.54, 1.807) is 6.92 Å². The first-order chi connectivity index (χ1) is 7.15. The van der Waals surface area contributed by atoms with Crippen LogP contribution in [0.4, 0.5) is 5.95 Å². The summed E-state index contributed by atoms with van der Waals surface area (Å²) in [5, 5.41) is 11.0. The number of rotatable bonds is 3. The van der Waals surface area contributed by atoms with Crippen LogP contribution in [0.5, 0.6) is 0 Å². The lowest BCUT2D eigenvalue weighted by molar-refractivity contribution is -0.134. The third kappa shape index (κ3) is 2.01. The Morgan fingerprint density at radius 2 is 2.40 bits per heavy atom. The SMILES string of the molecule is Cc1nc2cnc(NCC(=O)O)nc2o1. The van der Waals surface area contributed by atoms with Gasteiger partial charge in [-0.3, -0.25) is 4.79 Å². The summed E-state index contributed by atoms with van der Waals surface area (Å²) < 4.78 is 5.17. The van der Waals surface area contributed by atoms with Crippen LogP contribution in [-0.4, -0.2) is 32.6 Å². The van der Waals surface area contributed by atoms with Crippen molar-refractivity contribution in [1.82, 2.24) is 15.0 Å². The van der Waals surface area contributed by atoms with Gasteiger partial charge in [0.05, 0.1) is 6.20 Å². The van der Waals surface area contributed by atoms with Gasteiger partial charge in [-0.2, -0.15) is 4.98 Å². The van der Waals surface area contributed by atoms with Crippen LogP contribution in [0.1, 0.15) is 5.89 Å². The van der Waals surface area contributed by atoms with E-state index < -0.39 is 5.97 Å². The first-order valence-corrected chi connectivity index (χ1v) is 4.21. The molecule has 0 saturated carbocycles. The van der Waals surface area contributed by atoms with E-state index in [4.69, 9.17) is 9.52 Å². The molecule has 7 nitrogen and oxygen atoms in total. The zero-order valence-electron chi connectivity index (χ0n) is 7.89. The zero-order valence-corrected chi connectivity index (χ0v) is 7.89. The third-order valence-corrected chi connectivity index (χ3v) is 1.66. The molecule has 0 unspecified atom stereocenters. The van der Waals surface area contributed by atoms with E-state index in [1.165, 1.54) is 6.20 Å². The molecule has 15 heavy (non-hydrogen) atoms. The highest BCUT2D eigenvalue weighted by atomic mass is 16.4. The van der Waals surface area contributed by atoms with Crippen molar-refractivity contribution in [1.29, 1.82) is 0 Å². The van der Waals surface area contributed by atoms with Crippen molar-refractivity contribution < 1.29 is 14.3 Å². The predicted molar refractivity (Wildman–Crippen MR) is 50.5 cm³/mol. The van der Waals surface area contributed by atoms with E-state index in [2.05, 4.69) is 20.3 Å². The zero-order chi connectivity index (χ0) is 10.8. The molecule has 78 valence electrons. The summed E-state index contributed by atoms with van der Waals surface area (Å²) in [4.78, 5) is 22.1. The summed E-state index contributed by atoms with van der Waals surface area (Å²) in [6.45, 7) is 1.46. The van der Waals surface area contributed by atoms with Gasteiger partial charge in [-0.05, 0) is 0 Å². The molecule has 2 aromatic heterocycles. The molecule has 0 bridgehead atoms. The molecular formula is C8H8N4O3. The molecule has 7 heteroatoms. The highest BCUT2D eigenvalue weighted by Crippen LogP contribution is 2.12. The number of oxazole rings is 1. The largest absolute Gasteiger partial charge is 0.480 e. The molecule has 0 radical (unpaired) electrons. The molecule has 0 atom stereocenters. The van der Waals surface area contributed by atoms with Gasteiger partial charge < -0.3 is 14.8 Å². The number of nitrogens with one attached hydrogen (secondary N) is 1. The number of hydrogen-bond donors (Lipinski definition) is 2. The van der Waals surface area contributed by atoms with Gasteiger partial charge in [0.15, 0.2) is 5.89 Å². The van der Waals surface area contributed by atoms with Crippen molar-refractivity contribution in [2.75, 3.05) is 11.9 Å². The fourth-order valence-corrected chi connectivity index (χ4v) is 1.08. The molecule has 2 rings (SSSR count). The lowest BCUT2D eigenvalue weighted by atomic mass is 10.5. The molecule has 0 aromatic carbocycles. The van der Waals surface area contributed by atoms with Gasteiger partial charge in [-0.25, -0.2) is 9.97 Å². The van der Waals surface area contributed by atoms with Gasteiger partial charge in [0.2, 0.25) is 5.95 Å². The summed E-state index contributed by atoms with van der Waals surface area (Å²) in [5.41, 5.74) is 0.892. The molecular weight excluding hydrogens is 200 g/mol. The van der Waals surface area contributed by atoms with Crippen LogP contribution in [0.2, 0.25) is 0 Å². The number of aromatic nitrogens is 3. The Balaban J connectivity index is 2.26. The number of carboxylic acids is 1. The standard InChI is InChI=1S/C8H8N4O3/c1-4-11-5-2-9-8(10-3-6(13)14)12-7(5)15-4/h2H,3H2,1H3,(H,13,14)(H,9,10,12). The Hall–Kier alpha value is -2.18. The minimum atomic E-state index is -0.979. The van der Waals surface area contributed by atoms with Crippen molar-refractivity contribution >= 4 is 23.1 Å². The lowest BCUT2D eigenvalue weighted by Crippen LogP contribution is -2.14. The molecule has 2 heterocycles. The maximum absolute atomic E-state index is 10.3. The van der Waals surface area contributed by atoms with Crippen molar-refractivity contribution in [2.45, 2.75) is 6.92 Å². The number of fused-ring (bicyclic) bond motifs is 1. The molecule has 0 saturated heterocycles. The number of aliphatic carboxylic acids is 1. The molecule has 0 aliphatic heterocycles. The summed E-state index contributed by atoms with van der Waals surface area (Å²) in [6.07, 6.45) is 1.48. The van der Waals surface area contributed by atoms with Crippen molar-refractivity contribution in [2.24, 2.45) is 0 Å². The van der Waals surface area contributed by atoms with Gasteiger partial charge in [-0.15, -0.1) is 0 Å². The highest BCUT2D eigenvalue weighted by Gasteiger charge is 2.06. The van der Waals surface area contributed by atoms with Crippen molar-refractivity contribution in [3.05, 3.63) is 12.1 Å². The van der Waals surface area contributed by atoms with Crippen molar-refractivity contribution in [3.63, 3.8) is 0 Å². The van der Waals surface area contributed by atoms with Gasteiger partial charge in [0.25, 0.3) is 5.71 Å². The van der Waals surface area contributed by atoms with E-state index in [0.717, 1.165) is 0 Å². The monoisotopic (exact) mass is 208 g/mol. The topological polar surface area (TPSA) is 101 Å². The van der Waals surface area contributed by atoms with E-state index in [1.807, 2.05) is 0 Å². The number of carboxylic acid groups (broad SMARTS) is 1. The molecule has 0 fully saturated rings. The highest BCUT2D eigenvalue weighted by molar-refractivity contribution is 5.73. The van der Waals surface area contributed by atoms with Crippen LogP contribution in [-0.2, 0) is 4.79 Å². The van der Waals surface area contributed by atoms with Crippen LogP contribution in [0.3, 0.4) is 0 Å². The van der Waals surface area contributed by atoms with E-state index in [9.17, 15) is 4.79 Å². The lowest BCUT2D eigenvalue weighted by Gasteiger charge is -1.98. The second kappa shape index (κ2) is 3.52. The van der Waals surface area contributed by atoms with Gasteiger partial charge in [0.1, 0.15) is 12.1 Å². The van der Waals surface area contributed by atoms with Crippen LogP contribution < -0.4 is 5.32 Å². The number of hydrogen-bond acceptors (Lipinski definition) is 6. The molecule has 0 aliphatic carbocycles.